The summed E-state index contributed by atoms with van der Waals surface area (Å²) in [6.45, 7) is 5.61. The molecule has 0 spiro atoms. The molecule has 2 aliphatic heterocycles. The highest BCUT2D eigenvalue weighted by Crippen LogP contribution is 2.49. The molecule has 2 aliphatic rings. The van der Waals surface area contributed by atoms with Gasteiger partial charge in [-0.2, -0.15) is 0 Å². The van der Waals surface area contributed by atoms with Gasteiger partial charge in [0.05, 0.1) is 29.2 Å². The van der Waals surface area contributed by atoms with Gasteiger partial charge in [-0.05, 0) is 24.3 Å². The highest BCUT2D eigenvalue weighted by Gasteiger charge is 2.31. The van der Waals surface area contributed by atoms with Crippen LogP contribution in [0.25, 0.3) is 0 Å². The van der Waals surface area contributed by atoms with E-state index in [0.29, 0.717) is 0 Å². The summed E-state index contributed by atoms with van der Waals surface area (Å²) in [4.78, 5) is 2.38. The largest absolute Gasteiger partial charge is 0.314 e. The van der Waals surface area contributed by atoms with Gasteiger partial charge in [0.1, 0.15) is 0 Å². The van der Waals surface area contributed by atoms with Crippen molar-refractivity contribution in [3.63, 3.8) is 0 Å². The number of hydrogen-bond donors (Lipinski definition) is 1. The van der Waals surface area contributed by atoms with Crippen molar-refractivity contribution in [2.75, 3.05) is 47.9 Å². The molecule has 138 valence electrons. The molecular formula is C18H19F3N4S. The molecule has 0 amide bonds. The summed E-state index contributed by atoms with van der Waals surface area (Å²) in [6, 6.07) is 9.82. The van der Waals surface area contributed by atoms with Crippen LogP contribution in [0.5, 0.6) is 0 Å². The standard InChI is InChI=1S/C18H19F3N4S/c19-13-5-6-16(18(21)17(13)20)25-15-4-2-1-3-14(15)24(26-25)12-11-23-9-7-22-8-10-23/h1-6,22H,7-12H2. The number of nitrogens with zero attached hydrogens (tertiary/aromatic N) is 3. The number of fused-ring (bicyclic) bond motifs is 1. The van der Waals surface area contributed by atoms with Gasteiger partial charge in [0.15, 0.2) is 17.5 Å². The van der Waals surface area contributed by atoms with Gasteiger partial charge in [-0.1, -0.05) is 12.1 Å². The summed E-state index contributed by atoms with van der Waals surface area (Å²) in [5.74, 6) is -3.80. The number of nitrogens with one attached hydrogen (secondary N) is 1. The van der Waals surface area contributed by atoms with Crippen LogP contribution >= 0.6 is 12.1 Å². The van der Waals surface area contributed by atoms with Gasteiger partial charge < -0.3 is 5.32 Å². The molecule has 2 aromatic carbocycles. The van der Waals surface area contributed by atoms with E-state index in [1.165, 1.54) is 18.2 Å². The number of rotatable bonds is 4. The Morgan fingerprint density at radius 1 is 0.846 bits per heavy atom. The summed E-state index contributed by atoms with van der Waals surface area (Å²) >= 11 is 1.31. The first-order valence-electron chi connectivity index (χ1n) is 8.56. The highest BCUT2D eigenvalue weighted by molar-refractivity contribution is 8.02. The van der Waals surface area contributed by atoms with Gasteiger partial charge in [-0.3, -0.25) is 13.5 Å². The number of halogens is 3. The van der Waals surface area contributed by atoms with Gasteiger partial charge in [0.2, 0.25) is 0 Å². The number of piperazine rings is 1. The van der Waals surface area contributed by atoms with Crippen LogP contribution in [-0.4, -0.2) is 44.2 Å². The van der Waals surface area contributed by atoms with E-state index in [-0.39, 0.29) is 5.69 Å². The lowest BCUT2D eigenvalue weighted by Gasteiger charge is -2.29. The zero-order chi connectivity index (χ0) is 18.1. The molecule has 26 heavy (non-hydrogen) atoms. The van der Waals surface area contributed by atoms with E-state index in [1.807, 2.05) is 24.3 Å². The lowest BCUT2D eigenvalue weighted by Crippen LogP contribution is -2.45. The van der Waals surface area contributed by atoms with Crippen LogP contribution in [-0.2, 0) is 0 Å². The average molecular weight is 380 g/mol. The van der Waals surface area contributed by atoms with E-state index >= 15 is 0 Å². The summed E-state index contributed by atoms with van der Waals surface area (Å²) in [5, 5.41) is 3.33. The Balaban J connectivity index is 1.57. The fourth-order valence-electron chi connectivity index (χ4n) is 3.21. The molecule has 2 aromatic rings. The quantitative estimate of drug-likeness (QED) is 0.645. The molecule has 0 radical (unpaired) electrons. The molecule has 2 heterocycles. The summed E-state index contributed by atoms with van der Waals surface area (Å²) in [6.07, 6.45) is 0. The summed E-state index contributed by atoms with van der Waals surface area (Å²) < 4.78 is 45.0. The normalized spacial score (nSPS) is 17.7. The van der Waals surface area contributed by atoms with Crippen LogP contribution < -0.4 is 13.9 Å². The Labute approximate surface area is 154 Å². The molecule has 0 bridgehead atoms. The average Bonchev–Trinajstić information content (AvgIpc) is 3.04. The molecule has 1 N–H and O–H groups in total. The number of para-hydroxylation sites is 2. The Hall–Kier alpha value is -1.90. The number of anilines is 3. The topological polar surface area (TPSA) is 21.8 Å². The van der Waals surface area contributed by atoms with Crippen molar-refractivity contribution in [1.29, 1.82) is 0 Å². The maximum atomic E-state index is 14.3. The fraction of sp³-hybridized carbons (Fsp3) is 0.333. The van der Waals surface area contributed by atoms with Crippen LogP contribution in [0.3, 0.4) is 0 Å². The molecule has 8 heteroatoms. The predicted molar refractivity (Wildman–Crippen MR) is 99.1 cm³/mol. The second-order valence-corrected chi connectivity index (χ2v) is 7.22. The van der Waals surface area contributed by atoms with Crippen molar-refractivity contribution in [2.24, 2.45) is 0 Å². The smallest absolute Gasteiger partial charge is 0.196 e. The Morgan fingerprint density at radius 2 is 1.58 bits per heavy atom. The zero-order valence-corrected chi connectivity index (χ0v) is 14.9. The van der Waals surface area contributed by atoms with E-state index in [9.17, 15) is 13.2 Å². The second-order valence-electron chi connectivity index (χ2n) is 6.25. The molecular weight excluding hydrogens is 361 g/mol. The number of benzene rings is 2. The van der Waals surface area contributed by atoms with Crippen LogP contribution in [0.15, 0.2) is 36.4 Å². The van der Waals surface area contributed by atoms with Crippen LogP contribution in [0.1, 0.15) is 0 Å². The predicted octanol–water partition coefficient (Wildman–Crippen LogP) is 3.53. The highest BCUT2D eigenvalue weighted by atomic mass is 32.2. The first-order valence-corrected chi connectivity index (χ1v) is 9.29. The lowest BCUT2D eigenvalue weighted by atomic mass is 10.2. The minimum absolute atomic E-state index is 0.0195. The molecule has 0 saturated carbocycles. The van der Waals surface area contributed by atoms with E-state index < -0.39 is 17.5 Å². The first-order chi connectivity index (χ1) is 12.6. The zero-order valence-electron chi connectivity index (χ0n) is 14.1. The maximum Gasteiger partial charge on any atom is 0.196 e. The third-order valence-corrected chi connectivity index (χ3v) is 5.75. The third kappa shape index (κ3) is 3.24. The van der Waals surface area contributed by atoms with Crippen LogP contribution in [0.4, 0.5) is 30.2 Å². The Morgan fingerprint density at radius 3 is 2.35 bits per heavy atom. The van der Waals surface area contributed by atoms with Crippen molar-refractivity contribution in [3.05, 3.63) is 53.8 Å². The SMILES string of the molecule is Fc1ccc(N2SN(CCN3CCNCC3)c3ccccc32)c(F)c1F. The Bertz CT molecular complexity index is 798. The molecule has 0 unspecified atom stereocenters. The molecule has 0 aromatic heterocycles. The fourth-order valence-corrected chi connectivity index (χ4v) is 4.28. The third-order valence-electron chi connectivity index (χ3n) is 4.61. The molecule has 1 saturated heterocycles. The second kappa shape index (κ2) is 7.38. The van der Waals surface area contributed by atoms with Crippen molar-refractivity contribution < 1.29 is 13.2 Å². The molecule has 4 rings (SSSR count). The van der Waals surface area contributed by atoms with E-state index in [2.05, 4.69) is 14.5 Å². The summed E-state index contributed by atoms with van der Waals surface area (Å²) in [5.41, 5.74) is 1.73. The van der Waals surface area contributed by atoms with E-state index in [4.69, 9.17) is 0 Å². The molecule has 4 nitrogen and oxygen atoms in total. The molecule has 1 fully saturated rings. The van der Waals surface area contributed by atoms with Gasteiger partial charge in [-0.25, -0.2) is 13.2 Å². The van der Waals surface area contributed by atoms with E-state index in [1.54, 1.807) is 4.31 Å². The van der Waals surface area contributed by atoms with Gasteiger partial charge in [0, 0.05) is 39.3 Å². The first kappa shape index (κ1) is 17.5. The molecule has 0 aliphatic carbocycles. The van der Waals surface area contributed by atoms with E-state index in [0.717, 1.165) is 56.7 Å². The monoisotopic (exact) mass is 380 g/mol. The van der Waals surface area contributed by atoms with Crippen molar-refractivity contribution in [3.8, 4) is 0 Å². The minimum Gasteiger partial charge on any atom is -0.314 e. The van der Waals surface area contributed by atoms with Crippen LogP contribution in [0, 0.1) is 17.5 Å². The maximum absolute atomic E-state index is 14.3. The Kier molecular flexibility index (Phi) is 4.97. The van der Waals surface area contributed by atoms with Gasteiger partial charge in [0.25, 0.3) is 0 Å². The minimum atomic E-state index is -1.44. The van der Waals surface area contributed by atoms with Gasteiger partial charge >= 0.3 is 0 Å². The van der Waals surface area contributed by atoms with Crippen LogP contribution in [0.2, 0.25) is 0 Å². The summed E-state index contributed by atoms with van der Waals surface area (Å²) in [7, 11) is 0. The van der Waals surface area contributed by atoms with Crippen molar-refractivity contribution in [2.45, 2.75) is 0 Å². The lowest BCUT2D eigenvalue weighted by molar-refractivity contribution is 0.248. The molecule has 0 atom stereocenters. The van der Waals surface area contributed by atoms with Gasteiger partial charge in [-0.15, -0.1) is 0 Å². The van der Waals surface area contributed by atoms with Crippen molar-refractivity contribution >= 4 is 29.2 Å². The van der Waals surface area contributed by atoms with Crippen molar-refractivity contribution in [1.82, 2.24) is 10.2 Å². The number of hydrogen-bond acceptors (Lipinski definition) is 5.